The summed E-state index contributed by atoms with van der Waals surface area (Å²) in [6.07, 6.45) is -0.887. The van der Waals surface area contributed by atoms with Crippen LogP contribution in [0.5, 0.6) is 0 Å². The van der Waals surface area contributed by atoms with Crippen LogP contribution in [0, 0.1) is 11.3 Å². The number of likely N-dealkylation sites (N-methyl/N-ethyl adjacent to an activating group) is 1. The van der Waals surface area contributed by atoms with Gasteiger partial charge in [-0.3, -0.25) is 0 Å². The molecule has 0 saturated heterocycles. The van der Waals surface area contributed by atoms with Crippen LogP contribution in [0.2, 0.25) is 0 Å². The lowest BCUT2D eigenvalue weighted by molar-refractivity contribution is 0.186. The fraction of sp³-hybridized carbons (Fsp3) is 0.714. The summed E-state index contributed by atoms with van der Waals surface area (Å²) in [6, 6.07) is 1.62. The first-order valence-electron chi connectivity index (χ1n) is 3.57. The van der Waals surface area contributed by atoms with Gasteiger partial charge in [0, 0.05) is 6.54 Å². The van der Waals surface area contributed by atoms with Gasteiger partial charge in [-0.25, -0.2) is 4.79 Å². The molecule has 0 aromatic rings. The topological polar surface area (TPSA) is 76.4 Å². The summed E-state index contributed by atoms with van der Waals surface area (Å²) in [5.74, 6) is 0. The van der Waals surface area contributed by atoms with E-state index in [-0.39, 0.29) is 12.5 Å². The Kier molecular flexibility index (Phi) is 4.81. The molecule has 2 N–H and O–H groups in total. The molecular weight excluding hydrogens is 158 g/mol. The van der Waals surface area contributed by atoms with Gasteiger partial charge < -0.3 is 15.3 Å². The summed E-state index contributed by atoms with van der Waals surface area (Å²) in [4.78, 5) is 12.1. The van der Waals surface area contributed by atoms with Crippen molar-refractivity contribution < 1.29 is 9.90 Å². The Balaban J connectivity index is 3.87. The highest BCUT2D eigenvalue weighted by atomic mass is 16.4. The summed E-state index contributed by atoms with van der Waals surface area (Å²) in [7, 11) is 3.65. The summed E-state index contributed by atoms with van der Waals surface area (Å²) < 4.78 is 0. The van der Waals surface area contributed by atoms with Crippen LogP contribution >= 0.6 is 0 Å². The van der Waals surface area contributed by atoms with Gasteiger partial charge in [0.2, 0.25) is 0 Å². The molecule has 0 bridgehead atoms. The monoisotopic (exact) mass is 171 g/mol. The van der Waals surface area contributed by atoms with Crippen molar-refractivity contribution in [3.63, 3.8) is 0 Å². The second-order valence-electron chi connectivity index (χ2n) is 2.77. The Bertz CT molecular complexity index is 186. The largest absolute Gasteiger partial charge is 0.465 e. The minimum Gasteiger partial charge on any atom is -0.465 e. The zero-order valence-electron chi connectivity index (χ0n) is 7.24. The predicted octanol–water partition coefficient (Wildman–Crippen LogP) is 0.0979. The standard InChI is InChI=1S/C7H13N3O2/c1-10(2)5-6(3-4-8)9-7(11)12/h6,9H,3,5H2,1-2H3,(H,11,12)/t6-/m0/s1. The van der Waals surface area contributed by atoms with Crippen molar-refractivity contribution in [3.05, 3.63) is 0 Å². The molecule has 5 heteroatoms. The smallest absolute Gasteiger partial charge is 0.404 e. The lowest BCUT2D eigenvalue weighted by Crippen LogP contribution is -2.40. The van der Waals surface area contributed by atoms with E-state index in [4.69, 9.17) is 10.4 Å². The zero-order valence-corrected chi connectivity index (χ0v) is 7.24. The van der Waals surface area contributed by atoms with E-state index in [1.54, 1.807) is 0 Å². The van der Waals surface area contributed by atoms with Gasteiger partial charge in [0.1, 0.15) is 0 Å². The number of carboxylic acid groups (broad SMARTS) is 1. The molecule has 0 unspecified atom stereocenters. The van der Waals surface area contributed by atoms with E-state index in [0.29, 0.717) is 6.54 Å². The van der Waals surface area contributed by atoms with E-state index in [9.17, 15) is 4.79 Å². The van der Waals surface area contributed by atoms with Gasteiger partial charge in [-0.2, -0.15) is 5.26 Å². The van der Waals surface area contributed by atoms with Gasteiger partial charge in [-0.05, 0) is 14.1 Å². The van der Waals surface area contributed by atoms with E-state index in [1.807, 2.05) is 25.1 Å². The Morgan fingerprint density at radius 3 is 2.67 bits per heavy atom. The van der Waals surface area contributed by atoms with E-state index >= 15 is 0 Å². The first kappa shape index (κ1) is 10.7. The van der Waals surface area contributed by atoms with Gasteiger partial charge in [0.15, 0.2) is 0 Å². The average molecular weight is 171 g/mol. The minimum absolute atomic E-state index is 0.199. The van der Waals surface area contributed by atoms with Crippen LogP contribution in [0.4, 0.5) is 4.79 Å². The number of carbonyl (C=O) groups is 1. The quantitative estimate of drug-likeness (QED) is 0.628. The highest BCUT2D eigenvalue weighted by molar-refractivity contribution is 5.64. The van der Waals surface area contributed by atoms with Gasteiger partial charge in [-0.1, -0.05) is 0 Å². The first-order chi connectivity index (χ1) is 5.56. The van der Waals surface area contributed by atoms with Crippen molar-refractivity contribution in [2.45, 2.75) is 12.5 Å². The maximum Gasteiger partial charge on any atom is 0.404 e. The van der Waals surface area contributed by atoms with Crippen LogP contribution in [-0.4, -0.2) is 42.8 Å². The third-order valence-electron chi connectivity index (χ3n) is 1.25. The molecule has 0 fully saturated rings. The molecule has 0 aliphatic rings. The maximum atomic E-state index is 10.2. The van der Waals surface area contributed by atoms with Gasteiger partial charge in [0.05, 0.1) is 18.5 Å². The maximum absolute atomic E-state index is 10.2. The molecule has 0 aliphatic carbocycles. The Morgan fingerprint density at radius 2 is 2.33 bits per heavy atom. The summed E-state index contributed by atoms with van der Waals surface area (Å²) >= 11 is 0. The lowest BCUT2D eigenvalue weighted by atomic mass is 10.2. The molecule has 0 heterocycles. The van der Waals surface area contributed by atoms with Crippen LogP contribution in [0.15, 0.2) is 0 Å². The zero-order chi connectivity index (χ0) is 9.56. The van der Waals surface area contributed by atoms with Crippen LogP contribution in [-0.2, 0) is 0 Å². The highest BCUT2D eigenvalue weighted by Gasteiger charge is 2.11. The summed E-state index contributed by atoms with van der Waals surface area (Å²) in [6.45, 7) is 0.542. The number of amides is 1. The van der Waals surface area contributed by atoms with Gasteiger partial charge in [0.25, 0.3) is 0 Å². The molecular formula is C7H13N3O2. The second-order valence-corrected chi connectivity index (χ2v) is 2.77. The number of hydrogen-bond donors (Lipinski definition) is 2. The van der Waals surface area contributed by atoms with Crippen molar-refractivity contribution in [2.24, 2.45) is 0 Å². The molecule has 1 atom stereocenters. The molecule has 0 radical (unpaired) electrons. The number of nitrogens with one attached hydrogen (secondary N) is 1. The third kappa shape index (κ3) is 5.50. The van der Waals surface area contributed by atoms with Crippen molar-refractivity contribution in [1.29, 1.82) is 5.26 Å². The Labute approximate surface area is 71.6 Å². The van der Waals surface area contributed by atoms with Crippen LogP contribution in [0.1, 0.15) is 6.42 Å². The molecule has 68 valence electrons. The number of nitriles is 1. The predicted molar refractivity (Wildman–Crippen MR) is 43.7 cm³/mol. The molecule has 0 saturated carbocycles. The highest BCUT2D eigenvalue weighted by Crippen LogP contribution is 1.92. The second kappa shape index (κ2) is 5.38. The Morgan fingerprint density at radius 1 is 1.75 bits per heavy atom. The van der Waals surface area contributed by atoms with Crippen molar-refractivity contribution in [2.75, 3.05) is 20.6 Å². The van der Waals surface area contributed by atoms with E-state index in [1.165, 1.54) is 0 Å². The third-order valence-corrected chi connectivity index (χ3v) is 1.25. The fourth-order valence-corrected chi connectivity index (χ4v) is 0.887. The van der Waals surface area contributed by atoms with Gasteiger partial charge in [-0.15, -0.1) is 0 Å². The molecule has 12 heavy (non-hydrogen) atoms. The van der Waals surface area contributed by atoms with Crippen LogP contribution in [0.3, 0.4) is 0 Å². The summed E-state index contributed by atoms with van der Waals surface area (Å²) in [5.41, 5.74) is 0. The minimum atomic E-state index is -1.09. The van der Waals surface area contributed by atoms with Crippen molar-refractivity contribution >= 4 is 6.09 Å². The number of nitrogens with zero attached hydrogens (tertiary/aromatic N) is 2. The normalized spacial score (nSPS) is 12.2. The summed E-state index contributed by atoms with van der Waals surface area (Å²) in [5, 5.41) is 19.0. The fourth-order valence-electron chi connectivity index (χ4n) is 0.887. The molecule has 0 aliphatic heterocycles. The van der Waals surface area contributed by atoms with Gasteiger partial charge >= 0.3 is 6.09 Å². The first-order valence-corrected chi connectivity index (χ1v) is 3.57. The number of rotatable bonds is 4. The van der Waals surface area contributed by atoms with Crippen molar-refractivity contribution in [3.8, 4) is 6.07 Å². The van der Waals surface area contributed by atoms with E-state index in [2.05, 4.69) is 5.32 Å². The van der Waals surface area contributed by atoms with E-state index in [0.717, 1.165) is 0 Å². The SMILES string of the molecule is CN(C)C[C@H](CC#N)NC(=O)O. The molecule has 0 aromatic heterocycles. The lowest BCUT2D eigenvalue weighted by Gasteiger charge is -2.17. The molecule has 5 nitrogen and oxygen atoms in total. The van der Waals surface area contributed by atoms with Crippen LogP contribution < -0.4 is 5.32 Å². The molecule has 0 aromatic carbocycles. The number of hydrogen-bond acceptors (Lipinski definition) is 3. The van der Waals surface area contributed by atoms with Crippen LogP contribution in [0.25, 0.3) is 0 Å². The molecule has 0 rings (SSSR count). The van der Waals surface area contributed by atoms with Crippen molar-refractivity contribution in [1.82, 2.24) is 10.2 Å². The molecule has 0 spiro atoms. The average Bonchev–Trinajstić information content (AvgIpc) is 1.84. The Hall–Kier alpha value is -1.28. The molecule has 1 amide bonds. The van der Waals surface area contributed by atoms with E-state index < -0.39 is 6.09 Å².